The van der Waals surface area contributed by atoms with Crippen molar-refractivity contribution < 1.29 is 4.79 Å². The largest absolute Gasteiger partial charge is 0.353 e. The maximum atomic E-state index is 11.9. The number of nitrogens with two attached hydrogens (primary N) is 1. The average molecular weight is 281 g/mol. The summed E-state index contributed by atoms with van der Waals surface area (Å²) in [6.45, 7) is 4.39. The Morgan fingerprint density at radius 2 is 1.75 bits per heavy atom. The summed E-state index contributed by atoms with van der Waals surface area (Å²) in [7, 11) is 0. The minimum atomic E-state index is 0.249. The number of hydrogen-bond donors (Lipinski definition) is 2. The Bertz CT molecular complexity index is 283. The lowest BCUT2D eigenvalue weighted by molar-refractivity contribution is -0.122. The van der Waals surface area contributed by atoms with Gasteiger partial charge in [0.15, 0.2) is 0 Å². The van der Waals surface area contributed by atoms with E-state index < -0.39 is 0 Å². The van der Waals surface area contributed by atoms with E-state index >= 15 is 0 Å². The van der Waals surface area contributed by atoms with Crippen molar-refractivity contribution >= 4 is 5.91 Å². The molecule has 1 amide bonds. The second kappa shape index (κ2) is 8.63. The molecule has 4 nitrogen and oxygen atoms in total. The Morgan fingerprint density at radius 3 is 2.40 bits per heavy atom. The molecule has 1 saturated heterocycles. The number of nitrogens with one attached hydrogen (secondary N) is 1. The van der Waals surface area contributed by atoms with Crippen LogP contribution < -0.4 is 11.1 Å². The van der Waals surface area contributed by atoms with Crippen LogP contribution in [0.1, 0.15) is 57.8 Å². The van der Waals surface area contributed by atoms with Gasteiger partial charge in [0.05, 0.1) is 0 Å². The zero-order valence-electron chi connectivity index (χ0n) is 12.8. The van der Waals surface area contributed by atoms with Crippen LogP contribution in [0.4, 0.5) is 0 Å². The summed E-state index contributed by atoms with van der Waals surface area (Å²) in [6.07, 6.45) is 10.2. The number of carbonyl (C=O) groups is 1. The molecule has 1 saturated carbocycles. The van der Waals surface area contributed by atoms with Gasteiger partial charge >= 0.3 is 0 Å². The van der Waals surface area contributed by atoms with Crippen molar-refractivity contribution in [2.24, 2.45) is 11.7 Å². The maximum Gasteiger partial charge on any atom is 0.220 e. The summed E-state index contributed by atoms with van der Waals surface area (Å²) >= 11 is 0. The first-order valence-corrected chi connectivity index (χ1v) is 8.49. The van der Waals surface area contributed by atoms with E-state index in [0.717, 1.165) is 64.1 Å². The number of carbonyl (C=O) groups excluding carboxylic acids is 1. The van der Waals surface area contributed by atoms with E-state index in [-0.39, 0.29) is 5.91 Å². The van der Waals surface area contributed by atoms with Crippen molar-refractivity contribution in [3.05, 3.63) is 0 Å². The van der Waals surface area contributed by atoms with E-state index in [1.807, 2.05) is 0 Å². The fraction of sp³-hybridized carbons (Fsp3) is 0.938. The summed E-state index contributed by atoms with van der Waals surface area (Å²) < 4.78 is 0. The third-order valence-electron chi connectivity index (χ3n) is 4.52. The van der Waals surface area contributed by atoms with Gasteiger partial charge in [-0.2, -0.15) is 0 Å². The Labute approximate surface area is 123 Å². The first kappa shape index (κ1) is 15.8. The van der Waals surface area contributed by atoms with Gasteiger partial charge in [0.25, 0.3) is 0 Å². The lowest BCUT2D eigenvalue weighted by Gasteiger charge is -2.32. The van der Waals surface area contributed by atoms with Crippen molar-refractivity contribution in [1.82, 2.24) is 10.2 Å². The quantitative estimate of drug-likeness (QED) is 0.635. The fourth-order valence-electron chi connectivity index (χ4n) is 3.01. The van der Waals surface area contributed by atoms with Gasteiger partial charge in [-0.1, -0.05) is 12.8 Å². The van der Waals surface area contributed by atoms with Crippen LogP contribution in [0.15, 0.2) is 0 Å². The average Bonchev–Trinajstić information content (AvgIpc) is 3.25. The highest BCUT2D eigenvalue weighted by atomic mass is 16.1. The third kappa shape index (κ3) is 6.23. The summed E-state index contributed by atoms with van der Waals surface area (Å²) in [4.78, 5) is 14.4. The molecule has 0 bridgehead atoms. The highest BCUT2D eigenvalue weighted by Crippen LogP contribution is 2.30. The Morgan fingerprint density at radius 1 is 1.05 bits per heavy atom. The van der Waals surface area contributed by atoms with Crippen molar-refractivity contribution in [2.45, 2.75) is 63.8 Å². The van der Waals surface area contributed by atoms with Crippen LogP contribution in [0.25, 0.3) is 0 Å². The van der Waals surface area contributed by atoms with Gasteiger partial charge in [0.1, 0.15) is 0 Å². The number of rotatable bonds is 9. The molecule has 20 heavy (non-hydrogen) atoms. The van der Waals surface area contributed by atoms with Gasteiger partial charge in [-0.3, -0.25) is 4.79 Å². The van der Waals surface area contributed by atoms with Gasteiger partial charge in [-0.15, -0.1) is 0 Å². The first-order valence-electron chi connectivity index (χ1n) is 8.49. The summed E-state index contributed by atoms with van der Waals surface area (Å²) in [5, 5.41) is 3.21. The van der Waals surface area contributed by atoms with Crippen molar-refractivity contribution in [3.63, 3.8) is 0 Å². The smallest absolute Gasteiger partial charge is 0.220 e. The van der Waals surface area contributed by atoms with Gasteiger partial charge in [-0.25, -0.2) is 0 Å². The van der Waals surface area contributed by atoms with E-state index in [1.165, 1.54) is 19.4 Å². The molecule has 2 aliphatic rings. The van der Waals surface area contributed by atoms with E-state index in [4.69, 9.17) is 5.73 Å². The number of unbranched alkanes of at least 4 members (excludes halogenated alkanes) is 3. The van der Waals surface area contributed by atoms with E-state index in [2.05, 4.69) is 10.2 Å². The van der Waals surface area contributed by atoms with Crippen LogP contribution in [0.3, 0.4) is 0 Å². The van der Waals surface area contributed by atoms with Crippen molar-refractivity contribution in [2.75, 3.05) is 26.2 Å². The monoisotopic (exact) mass is 281 g/mol. The first-order chi connectivity index (χ1) is 9.78. The minimum Gasteiger partial charge on any atom is -0.353 e. The Hall–Kier alpha value is -0.610. The number of hydrogen-bond acceptors (Lipinski definition) is 3. The fourth-order valence-corrected chi connectivity index (χ4v) is 3.01. The molecule has 1 aliphatic heterocycles. The predicted octanol–water partition coefficient (Wildman–Crippen LogP) is 1.89. The van der Waals surface area contributed by atoms with E-state index in [1.54, 1.807) is 0 Å². The number of piperidine rings is 1. The topological polar surface area (TPSA) is 58.4 Å². The van der Waals surface area contributed by atoms with E-state index in [9.17, 15) is 4.79 Å². The Balaban J connectivity index is 1.49. The zero-order chi connectivity index (χ0) is 14.2. The molecule has 4 heteroatoms. The normalized spacial score (nSPS) is 21.1. The molecule has 0 atom stereocenters. The molecular weight excluding hydrogens is 250 g/mol. The van der Waals surface area contributed by atoms with Crippen molar-refractivity contribution in [1.29, 1.82) is 0 Å². The molecule has 3 N–H and O–H groups in total. The molecule has 2 fully saturated rings. The Kier molecular flexibility index (Phi) is 6.80. The lowest BCUT2D eigenvalue weighted by atomic mass is 10.0. The number of nitrogens with zero attached hydrogens (tertiary/aromatic N) is 1. The molecule has 0 aromatic heterocycles. The van der Waals surface area contributed by atoms with Crippen LogP contribution in [0.2, 0.25) is 0 Å². The summed E-state index contributed by atoms with van der Waals surface area (Å²) in [6, 6.07) is 0.419. The molecule has 116 valence electrons. The maximum absolute atomic E-state index is 11.9. The molecule has 0 unspecified atom stereocenters. The predicted molar refractivity (Wildman–Crippen MR) is 82.5 cm³/mol. The molecule has 2 rings (SSSR count). The highest BCUT2D eigenvalue weighted by Gasteiger charge is 2.27. The van der Waals surface area contributed by atoms with Crippen LogP contribution in [0, 0.1) is 5.92 Å². The molecule has 1 aliphatic carbocycles. The van der Waals surface area contributed by atoms with Crippen molar-refractivity contribution in [3.8, 4) is 0 Å². The number of amides is 1. The van der Waals surface area contributed by atoms with Gasteiger partial charge in [0, 0.05) is 32.1 Å². The lowest BCUT2D eigenvalue weighted by Crippen LogP contribution is -2.45. The summed E-state index contributed by atoms with van der Waals surface area (Å²) in [5.41, 5.74) is 5.46. The van der Waals surface area contributed by atoms with Crippen LogP contribution in [0.5, 0.6) is 0 Å². The van der Waals surface area contributed by atoms with Crippen LogP contribution >= 0.6 is 0 Å². The third-order valence-corrected chi connectivity index (χ3v) is 4.52. The molecule has 0 aromatic carbocycles. The SMILES string of the molecule is NCCCCCCC(=O)NC1CCN(CC2CC2)CC1. The second-order valence-corrected chi connectivity index (χ2v) is 6.54. The zero-order valence-corrected chi connectivity index (χ0v) is 12.8. The van der Waals surface area contributed by atoms with Gasteiger partial charge in [0.2, 0.25) is 5.91 Å². The van der Waals surface area contributed by atoms with Gasteiger partial charge < -0.3 is 16.0 Å². The second-order valence-electron chi connectivity index (χ2n) is 6.54. The number of likely N-dealkylation sites (tertiary alicyclic amines) is 1. The molecule has 0 aromatic rings. The molecule has 0 spiro atoms. The minimum absolute atomic E-state index is 0.249. The molecule has 1 heterocycles. The van der Waals surface area contributed by atoms with E-state index in [0.29, 0.717) is 12.5 Å². The standard InChI is InChI=1S/C16H31N3O/c17-10-4-2-1-3-5-16(20)18-15-8-11-19(12-9-15)13-14-6-7-14/h14-15H,1-13,17H2,(H,18,20). The molecular formula is C16H31N3O. The summed E-state index contributed by atoms with van der Waals surface area (Å²) in [5.74, 6) is 1.23. The van der Waals surface area contributed by atoms with Gasteiger partial charge in [-0.05, 0) is 51.0 Å². The van der Waals surface area contributed by atoms with Crippen LogP contribution in [-0.4, -0.2) is 43.0 Å². The highest BCUT2D eigenvalue weighted by molar-refractivity contribution is 5.76. The van der Waals surface area contributed by atoms with Crippen LogP contribution in [-0.2, 0) is 4.79 Å². The molecule has 0 radical (unpaired) electrons.